The molecule has 16 heavy (non-hydrogen) atoms. The van der Waals surface area contributed by atoms with Crippen LogP contribution in [0.4, 0.5) is 4.79 Å². The van der Waals surface area contributed by atoms with Crippen LogP contribution in [0.2, 0.25) is 0 Å². The third kappa shape index (κ3) is 2.06. The maximum Gasteiger partial charge on any atom is 0.409 e. The van der Waals surface area contributed by atoms with Crippen LogP contribution in [0, 0.1) is 0 Å². The Morgan fingerprint density at radius 1 is 1.38 bits per heavy atom. The Morgan fingerprint density at radius 2 is 2.19 bits per heavy atom. The molecule has 0 N–H and O–H groups in total. The third-order valence-corrected chi connectivity index (χ3v) is 2.18. The summed E-state index contributed by atoms with van der Waals surface area (Å²) < 4.78 is 9.94. The zero-order valence-corrected chi connectivity index (χ0v) is 9.19. The SMILES string of the molecule is COc1ccc2nccc(OC(=O)Cl)c2c1. The van der Waals surface area contributed by atoms with Crippen molar-refractivity contribution in [3.05, 3.63) is 30.5 Å². The van der Waals surface area contributed by atoms with Crippen molar-refractivity contribution in [3.8, 4) is 11.5 Å². The number of rotatable bonds is 2. The molecule has 0 aliphatic carbocycles. The molecule has 0 saturated carbocycles. The predicted molar refractivity (Wildman–Crippen MR) is 60.2 cm³/mol. The van der Waals surface area contributed by atoms with Crippen molar-refractivity contribution in [1.82, 2.24) is 4.98 Å². The second-order valence-corrected chi connectivity index (χ2v) is 3.34. The van der Waals surface area contributed by atoms with E-state index < -0.39 is 5.43 Å². The van der Waals surface area contributed by atoms with E-state index in [1.165, 1.54) is 0 Å². The Kier molecular flexibility index (Phi) is 2.92. The van der Waals surface area contributed by atoms with Gasteiger partial charge in [0, 0.05) is 23.2 Å². The fourth-order valence-electron chi connectivity index (χ4n) is 1.40. The number of methoxy groups -OCH3 is 1. The molecule has 1 aromatic heterocycles. The van der Waals surface area contributed by atoms with Crippen LogP contribution < -0.4 is 9.47 Å². The van der Waals surface area contributed by atoms with E-state index in [1.807, 2.05) is 0 Å². The smallest absolute Gasteiger partial charge is 0.409 e. The Labute approximate surface area is 96.8 Å². The van der Waals surface area contributed by atoms with E-state index >= 15 is 0 Å². The summed E-state index contributed by atoms with van der Waals surface area (Å²) in [6.45, 7) is 0. The number of carbonyl (C=O) groups excluding carboxylic acids is 1. The molecule has 2 aromatic rings. The van der Waals surface area contributed by atoms with Crippen LogP contribution in [0.25, 0.3) is 10.9 Å². The molecule has 0 aliphatic rings. The number of aromatic nitrogens is 1. The van der Waals surface area contributed by atoms with Gasteiger partial charge in [-0.25, -0.2) is 4.79 Å². The van der Waals surface area contributed by atoms with Gasteiger partial charge in [0.25, 0.3) is 0 Å². The topological polar surface area (TPSA) is 48.4 Å². The average molecular weight is 238 g/mol. The van der Waals surface area contributed by atoms with E-state index in [-0.39, 0.29) is 0 Å². The number of hydrogen-bond donors (Lipinski definition) is 0. The minimum Gasteiger partial charge on any atom is -0.497 e. The molecule has 0 aliphatic heterocycles. The van der Waals surface area contributed by atoms with Crippen LogP contribution in [-0.4, -0.2) is 17.5 Å². The first-order valence-corrected chi connectivity index (χ1v) is 4.88. The van der Waals surface area contributed by atoms with Gasteiger partial charge in [0.05, 0.1) is 12.6 Å². The standard InChI is InChI=1S/C11H8ClNO3/c1-15-7-2-3-9-8(6-7)10(4-5-13-9)16-11(12)14/h2-6H,1H3. The number of fused-ring (bicyclic) bond motifs is 1. The third-order valence-electron chi connectivity index (χ3n) is 2.10. The van der Waals surface area contributed by atoms with Crippen LogP contribution in [0.5, 0.6) is 11.5 Å². The molecule has 1 heterocycles. The molecule has 0 radical (unpaired) electrons. The zero-order chi connectivity index (χ0) is 11.5. The van der Waals surface area contributed by atoms with Gasteiger partial charge in [-0.05, 0) is 24.3 Å². The van der Waals surface area contributed by atoms with E-state index in [2.05, 4.69) is 4.98 Å². The molecule has 0 spiro atoms. The van der Waals surface area contributed by atoms with Gasteiger partial charge < -0.3 is 9.47 Å². The molecule has 4 nitrogen and oxygen atoms in total. The average Bonchev–Trinajstić information content (AvgIpc) is 2.28. The molecule has 1 aromatic carbocycles. The Hall–Kier alpha value is -1.81. The van der Waals surface area contributed by atoms with Crippen molar-refractivity contribution in [2.45, 2.75) is 0 Å². The molecular weight excluding hydrogens is 230 g/mol. The highest BCUT2D eigenvalue weighted by atomic mass is 35.5. The lowest BCUT2D eigenvalue weighted by molar-refractivity contribution is 0.226. The van der Waals surface area contributed by atoms with Crippen molar-refractivity contribution in [1.29, 1.82) is 0 Å². The number of ether oxygens (including phenoxy) is 2. The minimum atomic E-state index is -0.879. The molecule has 5 heteroatoms. The maximum atomic E-state index is 10.7. The van der Waals surface area contributed by atoms with Crippen molar-refractivity contribution >= 4 is 27.9 Å². The molecule has 0 unspecified atom stereocenters. The lowest BCUT2D eigenvalue weighted by Crippen LogP contribution is -1.97. The number of nitrogens with zero attached hydrogens (tertiary/aromatic N) is 1. The summed E-state index contributed by atoms with van der Waals surface area (Å²) in [6, 6.07) is 6.86. The van der Waals surface area contributed by atoms with E-state index in [4.69, 9.17) is 21.1 Å². The van der Waals surface area contributed by atoms with Crippen molar-refractivity contribution in [2.24, 2.45) is 0 Å². The van der Waals surface area contributed by atoms with Gasteiger partial charge in [-0.15, -0.1) is 0 Å². The summed E-state index contributed by atoms with van der Waals surface area (Å²) in [7, 11) is 1.56. The first-order chi connectivity index (χ1) is 7.70. The Balaban J connectivity index is 2.59. The number of pyridine rings is 1. The van der Waals surface area contributed by atoms with Gasteiger partial charge in [0.2, 0.25) is 0 Å². The Bertz CT molecular complexity index is 542. The Morgan fingerprint density at radius 3 is 2.88 bits per heavy atom. The molecular formula is C11H8ClNO3. The second kappa shape index (κ2) is 4.37. The molecule has 0 bridgehead atoms. The lowest BCUT2D eigenvalue weighted by atomic mass is 10.2. The molecule has 2 rings (SSSR count). The van der Waals surface area contributed by atoms with Crippen molar-refractivity contribution < 1.29 is 14.3 Å². The fraction of sp³-hybridized carbons (Fsp3) is 0.0909. The summed E-state index contributed by atoms with van der Waals surface area (Å²) in [5.74, 6) is 1.02. The summed E-state index contributed by atoms with van der Waals surface area (Å²) in [5, 5.41) is 0.677. The summed E-state index contributed by atoms with van der Waals surface area (Å²) in [4.78, 5) is 14.8. The molecule has 0 amide bonds. The van der Waals surface area contributed by atoms with Gasteiger partial charge in [0.1, 0.15) is 11.5 Å². The fourth-order valence-corrected chi connectivity index (χ4v) is 1.49. The molecule has 82 valence electrons. The molecule has 0 atom stereocenters. The van der Waals surface area contributed by atoms with Gasteiger partial charge >= 0.3 is 5.43 Å². The van der Waals surface area contributed by atoms with Gasteiger partial charge in [-0.1, -0.05) is 0 Å². The number of hydrogen-bond acceptors (Lipinski definition) is 4. The number of halogens is 1. The second-order valence-electron chi connectivity index (χ2n) is 3.03. The molecule has 0 saturated heterocycles. The quantitative estimate of drug-likeness (QED) is 0.754. The number of benzene rings is 1. The van der Waals surface area contributed by atoms with Gasteiger partial charge in [-0.3, -0.25) is 4.98 Å². The van der Waals surface area contributed by atoms with E-state index in [0.717, 1.165) is 0 Å². The van der Waals surface area contributed by atoms with Crippen molar-refractivity contribution in [2.75, 3.05) is 7.11 Å². The predicted octanol–water partition coefficient (Wildman–Crippen LogP) is 2.98. The highest BCUT2D eigenvalue weighted by Gasteiger charge is 2.07. The number of carbonyl (C=O) groups is 1. The van der Waals surface area contributed by atoms with E-state index in [1.54, 1.807) is 37.6 Å². The maximum absolute atomic E-state index is 10.7. The van der Waals surface area contributed by atoms with Crippen LogP contribution >= 0.6 is 11.6 Å². The van der Waals surface area contributed by atoms with Crippen LogP contribution in [0.1, 0.15) is 0 Å². The molecule has 0 fully saturated rings. The van der Waals surface area contributed by atoms with Crippen LogP contribution in [-0.2, 0) is 0 Å². The first-order valence-electron chi connectivity index (χ1n) is 4.51. The van der Waals surface area contributed by atoms with Crippen molar-refractivity contribution in [3.63, 3.8) is 0 Å². The largest absolute Gasteiger partial charge is 0.497 e. The summed E-state index contributed by atoms with van der Waals surface area (Å²) in [5.41, 5.74) is -0.175. The van der Waals surface area contributed by atoms with Crippen LogP contribution in [0.3, 0.4) is 0 Å². The minimum absolute atomic E-state index is 0.365. The first kappa shape index (κ1) is 10.7. The lowest BCUT2D eigenvalue weighted by Gasteiger charge is -2.06. The summed E-state index contributed by atoms with van der Waals surface area (Å²) >= 11 is 5.17. The summed E-state index contributed by atoms with van der Waals surface area (Å²) in [6.07, 6.45) is 1.55. The monoisotopic (exact) mass is 237 g/mol. The zero-order valence-electron chi connectivity index (χ0n) is 8.44. The van der Waals surface area contributed by atoms with Crippen LogP contribution in [0.15, 0.2) is 30.5 Å². The van der Waals surface area contributed by atoms with E-state index in [9.17, 15) is 4.79 Å². The van der Waals surface area contributed by atoms with Gasteiger partial charge in [0.15, 0.2) is 0 Å². The van der Waals surface area contributed by atoms with Gasteiger partial charge in [-0.2, -0.15) is 0 Å². The normalized spacial score (nSPS) is 10.1. The highest BCUT2D eigenvalue weighted by molar-refractivity contribution is 6.61. The highest BCUT2D eigenvalue weighted by Crippen LogP contribution is 2.27. The van der Waals surface area contributed by atoms with E-state index in [0.29, 0.717) is 22.4 Å².